The van der Waals surface area contributed by atoms with Crippen LogP contribution in [0.15, 0.2) is 12.1 Å². The maximum Gasteiger partial charge on any atom is 0.157 e. The van der Waals surface area contributed by atoms with Crippen LogP contribution in [0.5, 0.6) is 0 Å². The topological polar surface area (TPSA) is 45.9 Å². The smallest absolute Gasteiger partial charge is 0.157 e. The van der Waals surface area contributed by atoms with Crippen molar-refractivity contribution in [3.05, 3.63) is 23.5 Å². The van der Waals surface area contributed by atoms with E-state index in [0.717, 1.165) is 49.1 Å². The second kappa shape index (κ2) is 7.49. The molecule has 0 aliphatic carbocycles. The lowest BCUT2D eigenvalue weighted by Crippen LogP contribution is -2.41. The predicted molar refractivity (Wildman–Crippen MR) is 96.8 cm³/mol. The fourth-order valence-electron chi connectivity index (χ4n) is 3.67. The number of fused-ring (bicyclic) bond motifs is 1. The quantitative estimate of drug-likeness (QED) is 0.811. The van der Waals surface area contributed by atoms with Gasteiger partial charge in [-0.2, -0.15) is 9.61 Å². The van der Waals surface area contributed by atoms with Crippen molar-refractivity contribution in [3.8, 4) is 0 Å². The highest BCUT2D eigenvalue weighted by Gasteiger charge is 2.22. The van der Waals surface area contributed by atoms with Crippen LogP contribution in [-0.2, 0) is 4.74 Å². The zero-order chi connectivity index (χ0) is 17.1. The Bertz CT molecular complexity index is 683. The highest BCUT2D eigenvalue weighted by Crippen LogP contribution is 2.22. The third-order valence-electron chi connectivity index (χ3n) is 4.80. The van der Waals surface area contributed by atoms with Crippen molar-refractivity contribution in [1.29, 1.82) is 0 Å². The molecule has 0 amide bonds. The van der Waals surface area contributed by atoms with Gasteiger partial charge in [0.2, 0.25) is 0 Å². The average Bonchev–Trinajstić information content (AvgIpc) is 2.92. The van der Waals surface area contributed by atoms with Crippen LogP contribution in [0.1, 0.15) is 24.2 Å². The normalized spacial score (nSPS) is 19.1. The van der Waals surface area contributed by atoms with Crippen molar-refractivity contribution in [3.63, 3.8) is 0 Å². The van der Waals surface area contributed by atoms with E-state index in [4.69, 9.17) is 4.74 Å². The van der Waals surface area contributed by atoms with Crippen LogP contribution < -0.4 is 4.90 Å². The first kappa shape index (κ1) is 17.2. The highest BCUT2D eigenvalue weighted by atomic mass is 16.5. The molecule has 1 aliphatic rings. The molecule has 3 rings (SSSR count). The monoisotopic (exact) mass is 331 g/mol. The molecule has 6 nitrogen and oxygen atoms in total. The number of likely N-dealkylation sites (tertiary alicyclic amines) is 1. The molecule has 0 saturated carbocycles. The van der Waals surface area contributed by atoms with Crippen LogP contribution in [0.25, 0.3) is 5.65 Å². The Hall–Kier alpha value is -1.66. The van der Waals surface area contributed by atoms with E-state index in [2.05, 4.69) is 33.0 Å². The largest absolute Gasteiger partial charge is 0.383 e. The van der Waals surface area contributed by atoms with E-state index in [1.54, 1.807) is 7.11 Å². The highest BCUT2D eigenvalue weighted by molar-refractivity contribution is 5.51. The Labute approximate surface area is 144 Å². The van der Waals surface area contributed by atoms with Crippen LogP contribution in [0, 0.1) is 19.8 Å². The average molecular weight is 331 g/mol. The molecular weight excluding hydrogens is 302 g/mol. The summed E-state index contributed by atoms with van der Waals surface area (Å²) in [6.07, 6.45) is 2.56. The summed E-state index contributed by atoms with van der Waals surface area (Å²) in [5.74, 6) is 1.81. The van der Waals surface area contributed by atoms with Gasteiger partial charge in [-0.1, -0.05) is 0 Å². The minimum atomic E-state index is 0.681. The molecule has 3 heterocycles. The van der Waals surface area contributed by atoms with E-state index in [9.17, 15) is 0 Å². The van der Waals surface area contributed by atoms with Crippen molar-refractivity contribution in [2.45, 2.75) is 26.7 Å². The molecule has 0 radical (unpaired) electrons. The summed E-state index contributed by atoms with van der Waals surface area (Å²) in [7, 11) is 3.94. The maximum atomic E-state index is 5.22. The number of hydrogen-bond acceptors (Lipinski definition) is 5. The lowest BCUT2D eigenvalue weighted by atomic mass is 9.97. The molecule has 1 aliphatic heterocycles. The van der Waals surface area contributed by atoms with Gasteiger partial charge in [0.15, 0.2) is 5.65 Å². The first-order valence-electron chi connectivity index (χ1n) is 8.83. The molecule has 132 valence electrons. The number of anilines is 1. The van der Waals surface area contributed by atoms with E-state index in [0.29, 0.717) is 5.92 Å². The summed E-state index contributed by atoms with van der Waals surface area (Å²) in [5.41, 5.74) is 2.97. The molecule has 0 spiro atoms. The number of piperidine rings is 1. The number of rotatable bonds is 6. The fourth-order valence-corrected chi connectivity index (χ4v) is 3.67. The van der Waals surface area contributed by atoms with Gasteiger partial charge in [-0.05, 0) is 39.2 Å². The second-order valence-electron chi connectivity index (χ2n) is 6.99. The van der Waals surface area contributed by atoms with Gasteiger partial charge < -0.3 is 14.5 Å². The van der Waals surface area contributed by atoms with Crippen molar-refractivity contribution in [2.24, 2.45) is 5.92 Å². The van der Waals surface area contributed by atoms with E-state index >= 15 is 0 Å². The third kappa shape index (κ3) is 3.87. The van der Waals surface area contributed by atoms with Crippen molar-refractivity contribution in [1.82, 2.24) is 19.5 Å². The van der Waals surface area contributed by atoms with Crippen LogP contribution >= 0.6 is 0 Å². The molecular formula is C18H29N5O. The Morgan fingerprint density at radius 3 is 2.92 bits per heavy atom. The van der Waals surface area contributed by atoms with Gasteiger partial charge in [0.1, 0.15) is 5.82 Å². The Morgan fingerprint density at radius 2 is 2.12 bits per heavy atom. The standard InChI is InChI=1S/C18H29N5O/c1-14-11-18(23-17(19-14)10-15(2)20-23)21(3)12-16-6-5-7-22(13-16)8-9-24-4/h10-11,16H,5-9,12-13H2,1-4H3/t16-/m0/s1. The van der Waals surface area contributed by atoms with Crippen molar-refractivity contribution >= 4 is 11.5 Å². The van der Waals surface area contributed by atoms with Gasteiger partial charge in [0.25, 0.3) is 0 Å². The molecule has 2 aromatic rings. The number of aromatic nitrogens is 3. The van der Waals surface area contributed by atoms with Gasteiger partial charge in [0.05, 0.1) is 12.3 Å². The second-order valence-corrected chi connectivity index (χ2v) is 6.99. The lowest BCUT2D eigenvalue weighted by molar-refractivity contribution is 0.116. The Kier molecular flexibility index (Phi) is 5.36. The Balaban J connectivity index is 1.71. The minimum Gasteiger partial charge on any atom is -0.383 e. The van der Waals surface area contributed by atoms with E-state index in [1.165, 1.54) is 19.4 Å². The molecule has 0 aromatic carbocycles. The van der Waals surface area contributed by atoms with Gasteiger partial charge >= 0.3 is 0 Å². The maximum absolute atomic E-state index is 5.22. The summed E-state index contributed by atoms with van der Waals surface area (Å²) in [5, 5.41) is 4.61. The minimum absolute atomic E-state index is 0.681. The van der Waals surface area contributed by atoms with Crippen LogP contribution in [0.3, 0.4) is 0 Å². The molecule has 0 bridgehead atoms. The van der Waals surface area contributed by atoms with Crippen molar-refractivity contribution in [2.75, 3.05) is 51.8 Å². The van der Waals surface area contributed by atoms with E-state index in [1.807, 2.05) is 24.4 Å². The van der Waals surface area contributed by atoms with Gasteiger partial charge in [-0.3, -0.25) is 0 Å². The number of hydrogen-bond donors (Lipinski definition) is 0. The molecule has 2 aromatic heterocycles. The fraction of sp³-hybridized carbons (Fsp3) is 0.667. The summed E-state index contributed by atoms with van der Waals surface area (Å²) in [6, 6.07) is 4.17. The SMILES string of the molecule is COCCN1CCC[C@@H](CN(C)c2cc(C)nc3cc(C)nn23)C1. The third-order valence-corrected chi connectivity index (χ3v) is 4.80. The van der Waals surface area contributed by atoms with Crippen LogP contribution in [0.4, 0.5) is 5.82 Å². The van der Waals surface area contributed by atoms with Crippen molar-refractivity contribution < 1.29 is 4.74 Å². The van der Waals surface area contributed by atoms with Gasteiger partial charge in [0, 0.05) is 51.6 Å². The van der Waals surface area contributed by atoms with Crippen LogP contribution in [0.2, 0.25) is 0 Å². The van der Waals surface area contributed by atoms with Crippen LogP contribution in [-0.4, -0.2) is 66.4 Å². The first-order valence-corrected chi connectivity index (χ1v) is 8.83. The Morgan fingerprint density at radius 1 is 1.29 bits per heavy atom. The number of ether oxygens (including phenoxy) is 1. The predicted octanol–water partition coefficient (Wildman–Crippen LogP) is 2.14. The molecule has 24 heavy (non-hydrogen) atoms. The molecule has 1 fully saturated rings. The molecule has 1 atom stereocenters. The number of nitrogens with zero attached hydrogens (tertiary/aromatic N) is 5. The summed E-state index contributed by atoms with van der Waals surface area (Å²) in [4.78, 5) is 9.44. The lowest BCUT2D eigenvalue weighted by Gasteiger charge is -2.35. The van der Waals surface area contributed by atoms with Gasteiger partial charge in [-0.15, -0.1) is 0 Å². The molecule has 1 saturated heterocycles. The van der Waals surface area contributed by atoms with E-state index in [-0.39, 0.29) is 0 Å². The molecule has 6 heteroatoms. The van der Waals surface area contributed by atoms with Gasteiger partial charge in [-0.25, -0.2) is 4.98 Å². The number of methoxy groups -OCH3 is 1. The number of aryl methyl sites for hydroxylation is 2. The summed E-state index contributed by atoms with van der Waals surface area (Å²) >= 11 is 0. The first-order chi connectivity index (χ1) is 11.6. The summed E-state index contributed by atoms with van der Waals surface area (Å²) < 4.78 is 7.19. The zero-order valence-corrected chi connectivity index (χ0v) is 15.3. The molecule has 0 N–H and O–H groups in total. The summed E-state index contributed by atoms with van der Waals surface area (Å²) in [6.45, 7) is 9.31. The van der Waals surface area contributed by atoms with E-state index < -0.39 is 0 Å². The zero-order valence-electron chi connectivity index (χ0n) is 15.3. The molecule has 0 unspecified atom stereocenters.